The van der Waals surface area contributed by atoms with Crippen LogP contribution >= 0.6 is 0 Å². The summed E-state index contributed by atoms with van der Waals surface area (Å²) in [6, 6.07) is 17.1. The second kappa shape index (κ2) is 6.79. The molecule has 0 radical (unpaired) electrons. The van der Waals surface area contributed by atoms with Crippen LogP contribution in [-0.2, 0) is 0 Å². The first-order chi connectivity index (χ1) is 14.1. The minimum Gasteiger partial charge on any atom is -0.383 e. The normalized spacial score (nSPS) is 18.5. The molecule has 5 rings (SSSR count). The number of carbonyl (C=O) groups is 1. The van der Waals surface area contributed by atoms with E-state index in [1.54, 1.807) is 0 Å². The number of aromatic nitrogens is 4. The van der Waals surface area contributed by atoms with E-state index in [1.807, 2.05) is 59.3 Å². The van der Waals surface area contributed by atoms with Crippen LogP contribution in [0.3, 0.4) is 0 Å². The number of nitrogens with zero attached hydrogens (tertiary/aromatic N) is 4. The maximum Gasteiger partial charge on any atom is 0.193 e. The van der Waals surface area contributed by atoms with Gasteiger partial charge in [-0.3, -0.25) is 4.79 Å². The molecular formula is C22H20N6O. The first-order valence-electron chi connectivity index (χ1n) is 9.56. The SMILES string of the molecule is Nc1ncnc2c1c(-c1ccc(C(=O)c3ccccc3)cc1)nn2C1CC(N)C1. The Balaban J connectivity index is 1.55. The molecule has 2 aromatic carbocycles. The van der Waals surface area contributed by atoms with Crippen molar-refractivity contribution >= 4 is 22.6 Å². The quantitative estimate of drug-likeness (QED) is 0.523. The minimum atomic E-state index is -0.0150. The lowest BCUT2D eigenvalue weighted by Crippen LogP contribution is -2.38. The van der Waals surface area contributed by atoms with Crippen molar-refractivity contribution in [3.05, 3.63) is 72.1 Å². The van der Waals surface area contributed by atoms with Crippen LogP contribution < -0.4 is 11.5 Å². The Kier molecular flexibility index (Phi) is 4.10. The molecule has 2 heterocycles. The lowest BCUT2D eigenvalue weighted by molar-refractivity contribution is 0.103. The van der Waals surface area contributed by atoms with E-state index in [0.29, 0.717) is 22.6 Å². The van der Waals surface area contributed by atoms with Crippen LogP contribution in [-0.4, -0.2) is 31.6 Å². The van der Waals surface area contributed by atoms with Gasteiger partial charge in [0.2, 0.25) is 0 Å². The number of hydrogen-bond acceptors (Lipinski definition) is 6. The molecule has 7 heteroatoms. The Morgan fingerprint density at radius 3 is 2.34 bits per heavy atom. The number of fused-ring (bicyclic) bond motifs is 1. The van der Waals surface area contributed by atoms with Gasteiger partial charge >= 0.3 is 0 Å². The topological polar surface area (TPSA) is 113 Å². The van der Waals surface area contributed by atoms with Gasteiger partial charge in [0, 0.05) is 22.7 Å². The van der Waals surface area contributed by atoms with E-state index in [-0.39, 0.29) is 17.9 Å². The van der Waals surface area contributed by atoms with Crippen molar-refractivity contribution in [3.8, 4) is 11.3 Å². The predicted molar refractivity (Wildman–Crippen MR) is 111 cm³/mol. The minimum absolute atomic E-state index is 0.0150. The molecule has 7 nitrogen and oxygen atoms in total. The number of anilines is 1. The van der Waals surface area contributed by atoms with E-state index in [0.717, 1.165) is 29.5 Å². The monoisotopic (exact) mass is 384 g/mol. The molecule has 4 N–H and O–H groups in total. The number of benzene rings is 2. The summed E-state index contributed by atoms with van der Waals surface area (Å²) in [5, 5.41) is 5.53. The maximum atomic E-state index is 12.7. The number of nitrogen functional groups attached to an aromatic ring is 1. The van der Waals surface area contributed by atoms with Crippen LogP contribution in [0.15, 0.2) is 60.9 Å². The molecule has 2 aromatic heterocycles. The lowest BCUT2D eigenvalue weighted by atomic mass is 9.88. The van der Waals surface area contributed by atoms with Gasteiger partial charge in [0.05, 0.1) is 11.4 Å². The van der Waals surface area contributed by atoms with Gasteiger partial charge in [0.1, 0.15) is 17.8 Å². The fourth-order valence-electron chi connectivity index (χ4n) is 3.82. The van der Waals surface area contributed by atoms with E-state index >= 15 is 0 Å². The van der Waals surface area contributed by atoms with Crippen molar-refractivity contribution in [2.75, 3.05) is 5.73 Å². The third-order valence-electron chi connectivity index (χ3n) is 5.47. The van der Waals surface area contributed by atoms with Gasteiger partial charge in [0.25, 0.3) is 0 Å². The fraction of sp³-hybridized carbons (Fsp3) is 0.182. The van der Waals surface area contributed by atoms with Crippen LogP contribution in [0.1, 0.15) is 34.8 Å². The summed E-state index contributed by atoms with van der Waals surface area (Å²) in [5.41, 5.74) is 15.7. The molecule has 0 aliphatic heterocycles. The van der Waals surface area contributed by atoms with Crippen molar-refractivity contribution in [1.29, 1.82) is 0 Å². The van der Waals surface area contributed by atoms with Crippen molar-refractivity contribution in [3.63, 3.8) is 0 Å². The summed E-state index contributed by atoms with van der Waals surface area (Å²) in [6.07, 6.45) is 3.19. The van der Waals surface area contributed by atoms with Crippen molar-refractivity contribution in [2.24, 2.45) is 5.73 Å². The van der Waals surface area contributed by atoms with Crippen molar-refractivity contribution < 1.29 is 4.79 Å². The standard InChI is InChI=1S/C22H20N6O/c23-16-10-17(11-16)28-22-18(21(24)25-12-26-22)19(27-28)13-6-8-15(9-7-13)20(29)14-4-2-1-3-5-14/h1-9,12,16-17H,10-11,23H2,(H2,24,25,26). The molecule has 29 heavy (non-hydrogen) atoms. The molecule has 1 fully saturated rings. The highest BCUT2D eigenvalue weighted by molar-refractivity contribution is 6.09. The molecular weight excluding hydrogens is 364 g/mol. The second-order valence-corrected chi connectivity index (χ2v) is 7.41. The maximum absolute atomic E-state index is 12.7. The highest BCUT2D eigenvalue weighted by atomic mass is 16.1. The summed E-state index contributed by atoms with van der Waals surface area (Å²) in [6.45, 7) is 0. The predicted octanol–water partition coefficient (Wildman–Crippen LogP) is 2.97. The van der Waals surface area contributed by atoms with Gasteiger partial charge < -0.3 is 11.5 Å². The van der Waals surface area contributed by atoms with Gasteiger partial charge in [-0.25, -0.2) is 14.6 Å². The molecule has 4 aromatic rings. The molecule has 144 valence electrons. The van der Waals surface area contributed by atoms with Gasteiger partial charge in [-0.05, 0) is 12.8 Å². The Bertz CT molecular complexity index is 1190. The summed E-state index contributed by atoms with van der Waals surface area (Å²) in [5.74, 6) is 0.378. The van der Waals surface area contributed by atoms with Gasteiger partial charge in [-0.1, -0.05) is 54.6 Å². The Hall–Kier alpha value is -3.58. The molecule has 0 spiro atoms. The zero-order valence-electron chi connectivity index (χ0n) is 15.7. The van der Waals surface area contributed by atoms with E-state index < -0.39 is 0 Å². The Labute approximate surface area is 167 Å². The van der Waals surface area contributed by atoms with Crippen LogP contribution in [0.25, 0.3) is 22.3 Å². The van der Waals surface area contributed by atoms with Crippen molar-refractivity contribution in [1.82, 2.24) is 19.7 Å². The average molecular weight is 384 g/mol. The molecule has 0 amide bonds. The van der Waals surface area contributed by atoms with Gasteiger partial charge in [-0.15, -0.1) is 0 Å². The third-order valence-corrected chi connectivity index (χ3v) is 5.47. The second-order valence-electron chi connectivity index (χ2n) is 7.41. The Morgan fingerprint density at radius 2 is 1.66 bits per heavy atom. The third kappa shape index (κ3) is 2.96. The highest BCUT2D eigenvalue weighted by Gasteiger charge is 2.31. The molecule has 0 bridgehead atoms. The number of carbonyl (C=O) groups excluding carboxylic acids is 1. The van der Waals surface area contributed by atoms with Crippen molar-refractivity contribution in [2.45, 2.75) is 24.9 Å². The van der Waals surface area contributed by atoms with E-state index in [9.17, 15) is 4.79 Å². The highest BCUT2D eigenvalue weighted by Crippen LogP contribution is 2.37. The molecule has 0 unspecified atom stereocenters. The van der Waals surface area contributed by atoms with E-state index in [1.165, 1.54) is 6.33 Å². The molecule has 0 atom stereocenters. The smallest absolute Gasteiger partial charge is 0.193 e. The average Bonchev–Trinajstić information content (AvgIpc) is 3.12. The number of rotatable bonds is 4. The zero-order valence-corrected chi connectivity index (χ0v) is 15.7. The van der Waals surface area contributed by atoms with Crippen LogP contribution in [0.4, 0.5) is 5.82 Å². The first-order valence-corrected chi connectivity index (χ1v) is 9.56. The van der Waals surface area contributed by atoms with E-state index in [2.05, 4.69) is 9.97 Å². The molecule has 1 aliphatic rings. The molecule has 1 saturated carbocycles. The summed E-state index contributed by atoms with van der Waals surface area (Å²) in [4.78, 5) is 21.2. The van der Waals surface area contributed by atoms with E-state index in [4.69, 9.17) is 16.6 Å². The fourth-order valence-corrected chi connectivity index (χ4v) is 3.82. The van der Waals surface area contributed by atoms with Crippen LogP contribution in [0.5, 0.6) is 0 Å². The number of hydrogen-bond donors (Lipinski definition) is 2. The van der Waals surface area contributed by atoms with Gasteiger partial charge in [-0.2, -0.15) is 5.10 Å². The largest absolute Gasteiger partial charge is 0.383 e. The lowest BCUT2D eigenvalue weighted by Gasteiger charge is -2.32. The Morgan fingerprint density at radius 1 is 0.966 bits per heavy atom. The zero-order chi connectivity index (χ0) is 20.0. The molecule has 1 aliphatic carbocycles. The number of nitrogens with two attached hydrogens (primary N) is 2. The molecule has 0 saturated heterocycles. The van der Waals surface area contributed by atoms with Crippen LogP contribution in [0.2, 0.25) is 0 Å². The van der Waals surface area contributed by atoms with Gasteiger partial charge in [0.15, 0.2) is 11.4 Å². The number of ketones is 1. The van der Waals surface area contributed by atoms with Crippen LogP contribution in [0, 0.1) is 0 Å². The summed E-state index contributed by atoms with van der Waals surface area (Å²) in [7, 11) is 0. The first kappa shape index (κ1) is 17.5. The summed E-state index contributed by atoms with van der Waals surface area (Å²) < 4.78 is 1.91. The summed E-state index contributed by atoms with van der Waals surface area (Å²) >= 11 is 0.